The third-order valence-electron chi connectivity index (χ3n) is 4.84. The van der Waals surface area contributed by atoms with Gasteiger partial charge in [-0.1, -0.05) is 19.1 Å². The molecule has 1 atom stereocenters. The van der Waals surface area contributed by atoms with Gasteiger partial charge in [0.15, 0.2) is 0 Å². The number of piperidine rings is 1. The molecule has 0 radical (unpaired) electrons. The first kappa shape index (κ1) is 17.5. The van der Waals surface area contributed by atoms with E-state index in [4.69, 9.17) is 4.74 Å². The van der Waals surface area contributed by atoms with Gasteiger partial charge in [0.2, 0.25) is 5.91 Å². The van der Waals surface area contributed by atoms with Gasteiger partial charge >= 0.3 is 0 Å². The zero-order chi connectivity index (χ0) is 17.6. The molecule has 1 amide bonds. The minimum absolute atomic E-state index is 0.286. The maximum Gasteiger partial charge on any atom is 0.222 e. The molecular weight excluding hydrogens is 314 g/mol. The zero-order valence-corrected chi connectivity index (χ0v) is 15.1. The summed E-state index contributed by atoms with van der Waals surface area (Å²) in [6, 6.07) is 7.96. The van der Waals surface area contributed by atoms with Crippen LogP contribution in [0.3, 0.4) is 0 Å². The Balaban J connectivity index is 1.49. The van der Waals surface area contributed by atoms with Crippen LogP contribution < -0.4 is 4.74 Å². The zero-order valence-electron chi connectivity index (χ0n) is 15.1. The molecule has 1 aliphatic rings. The minimum atomic E-state index is 0.286. The molecule has 0 spiro atoms. The van der Waals surface area contributed by atoms with Gasteiger partial charge in [0.05, 0.1) is 13.3 Å². The fourth-order valence-corrected chi connectivity index (χ4v) is 3.38. The fraction of sp³-hybridized carbons (Fsp3) is 0.500. The van der Waals surface area contributed by atoms with Crippen LogP contribution in [0.25, 0.3) is 11.1 Å². The van der Waals surface area contributed by atoms with Gasteiger partial charge in [-0.2, -0.15) is 5.10 Å². The maximum absolute atomic E-state index is 12.3. The van der Waals surface area contributed by atoms with Gasteiger partial charge in [-0.3, -0.25) is 9.48 Å². The number of amides is 1. The molecule has 0 aliphatic carbocycles. The summed E-state index contributed by atoms with van der Waals surface area (Å²) >= 11 is 0. The Morgan fingerprint density at radius 2 is 2.08 bits per heavy atom. The number of methoxy groups -OCH3 is 1. The van der Waals surface area contributed by atoms with Gasteiger partial charge < -0.3 is 9.64 Å². The van der Waals surface area contributed by atoms with E-state index < -0.39 is 0 Å². The van der Waals surface area contributed by atoms with E-state index in [-0.39, 0.29) is 5.91 Å². The Labute approximate surface area is 149 Å². The van der Waals surface area contributed by atoms with Gasteiger partial charge in [0, 0.05) is 37.8 Å². The molecular formula is C20H27N3O2. The number of carbonyl (C=O) groups is 1. The van der Waals surface area contributed by atoms with Crippen molar-refractivity contribution in [2.24, 2.45) is 5.92 Å². The SMILES string of the molecule is COc1ccc(-c2cnn(CCCC(=O)N3CCC[C@H](C)C3)c2)cc1. The van der Waals surface area contributed by atoms with Crippen molar-refractivity contribution in [1.82, 2.24) is 14.7 Å². The Morgan fingerprint density at radius 1 is 1.28 bits per heavy atom. The summed E-state index contributed by atoms with van der Waals surface area (Å²) in [6.45, 7) is 4.84. The van der Waals surface area contributed by atoms with Crippen LogP contribution in [-0.4, -0.2) is 40.8 Å². The molecule has 0 bridgehead atoms. The molecule has 2 heterocycles. The number of aromatic nitrogens is 2. The van der Waals surface area contributed by atoms with Crippen molar-refractivity contribution >= 4 is 5.91 Å². The number of rotatable bonds is 6. The van der Waals surface area contributed by atoms with E-state index in [1.807, 2.05) is 46.2 Å². The van der Waals surface area contributed by atoms with Crippen LogP contribution >= 0.6 is 0 Å². The van der Waals surface area contributed by atoms with Crippen molar-refractivity contribution in [3.05, 3.63) is 36.7 Å². The molecule has 3 rings (SSSR count). The highest BCUT2D eigenvalue weighted by atomic mass is 16.5. The topological polar surface area (TPSA) is 47.4 Å². The Hall–Kier alpha value is -2.30. The number of likely N-dealkylation sites (tertiary alicyclic amines) is 1. The van der Waals surface area contributed by atoms with Crippen LogP contribution in [-0.2, 0) is 11.3 Å². The first-order valence-electron chi connectivity index (χ1n) is 9.10. The van der Waals surface area contributed by atoms with Crippen LogP contribution in [0.1, 0.15) is 32.6 Å². The van der Waals surface area contributed by atoms with E-state index in [9.17, 15) is 4.79 Å². The Kier molecular flexibility index (Phi) is 5.74. The van der Waals surface area contributed by atoms with E-state index in [2.05, 4.69) is 12.0 Å². The van der Waals surface area contributed by atoms with Crippen LogP contribution in [0.15, 0.2) is 36.7 Å². The first-order valence-corrected chi connectivity index (χ1v) is 9.10. The van der Waals surface area contributed by atoms with Crippen molar-refractivity contribution in [1.29, 1.82) is 0 Å². The maximum atomic E-state index is 12.3. The van der Waals surface area contributed by atoms with E-state index in [0.717, 1.165) is 49.4 Å². The predicted octanol–water partition coefficient (Wildman–Crippen LogP) is 3.60. The molecule has 1 aromatic carbocycles. The highest BCUT2D eigenvalue weighted by Crippen LogP contribution is 2.22. The summed E-state index contributed by atoms with van der Waals surface area (Å²) in [5, 5.41) is 4.42. The van der Waals surface area contributed by atoms with Crippen LogP contribution in [0.4, 0.5) is 0 Å². The molecule has 25 heavy (non-hydrogen) atoms. The first-order chi connectivity index (χ1) is 12.2. The average molecular weight is 341 g/mol. The van der Waals surface area contributed by atoms with E-state index in [0.29, 0.717) is 12.3 Å². The monoisotopic (exact) mass is 341 g/mol. The molecule has 1 aliphatic heterocycles. The summed E-state index contributed by atoms with van der Waals surface area (Å²) in [6.07, 6.45) is 7.71. The molecule has 0 unspecified atom stereocenters. The summed E-state index contributed by atoms with van der Waals surface area (Å²) in [5.41, 5.74) is 2.20. The lowest BCUT2D eigenvalue weighted by atomic mass is 10.00. The number of hydrogen-bond donors (Lipinski definition) is 0. The standard InChI is InChI=1S/C20H27N3O2/c1-16-5-3-11-22(14-16)20(24)6-4-12-23-15-18(13-21-23)17-7-9-19(25-2)10-8-17/h7-10,13,15-16H,3-6,11-12,14H2,1-2H3/t16-/m0/s1. The number of ether oxygens (including phenoxy) is 1. The van der Waals surface area contributed by atoms with Gasteiger partial charge in [-0.15, -0.1) is 0 Å². The number of nitrogens with zero attached hydrogens (tertiary/aromatic N) is 3. The molecule has 0 N–H and O–H groups in total. The molecule has 1 saturated heterocycles. The third-order valence-corrected chi connectivity index (χ3v) is 4.84. The van der Waals surface area contributed by atoms with Crippen LogP contribution in [0.2, 0.25) is 0 Å². The molecule has 2 aromatic rings. The van der Waals surface area contributed by atoms with Crippen molar-refractivity contribution in [3.8, 4) is 16.9 Å². The summed E-state index contributed by atoms with van der Waals surface area (Å²) in [5.74, 6) is 1.77. The number of carbonyl (C=O) groups excluding carboxylic acids is 1. The fourth-order valence-electron chi connectivity index (χ4n) is 3.38. The quantitative estimate of drug-likeness (QED) is 0.806. The lowest BCUT2D eigenvalue weighted by Gasteiger charge is -2.31. The van der Waals surface area contributed by atoms with Crippen molar-refractivity contribution in [2.45, 2.75) is 39.2 Å². The Morgan fingerprint density at radius 3 is 2.80 bits per heavy atom. The predicted molar refractivity (Wildman–Crippen MR) is 98.4 cm³/mol. The molecule has 5 heteroatoms. The molecule has 1 aromatic heterocycles. The number of benzene rings is 1. The van der Waals surface area contributed by atoms with E-state index in [1.54, 1.807) is 7.11 Å². The smallest absolute Gasteiger partial charge is 0.222 e. The van der Waals surface area contributed by atoms with Crippen LogP contribution in [0.5, 0.6) is 5.75 Å². The number of aryl methyl sites for hydroxylation is 1. The van der Waals surface area contributed by atoms with E-state index in [1.165, 1.54) is 6.42 Å². The van der Waals surface area contributed by atoms with Crippen molar-refractivity contribution < 1.29 is 9.53 Å². The highest BCUT2D eigenvalue weighted by molar-refractivity contribution is 5.76. The van der Waals surface area contributed by atoms with Gasteiger partial charge in [-0.05, 0) is 42.9 Å². The lowest BCUT2D eigenvalue weighted by Crippen LogP contribution is -2.39. The highest BCUT2D eigenvalue weighted by Gasteiger charge is 2.20. The molecule has 134 valence electrons. The third kappa shape index (κ3) is 4.62. The molecule has 5 nitrogen and oxygen atoms in total. The van der Waals surface area contributed by atoms with Gasteiger partial charge in [0.1, 0.15) is 5.75 Å². The van der Waals surface area contributed by atoms with Gasteiger partial charge in [-0.25, -0.2) is 0 Å². The second kappa shape index (κ2) is 8.19. The normalized spacial score (nSPS) is 17.5. The summed E-state index contributed by atoms with van der Waals surface area (Å²) < 4.78 is 7.11. The summed E-state index contributed by atoms with van der Waals surface area (Å²) in [4.78, 5) is 14.3. The van der Waals surface area contributed by atoms with E-state index >= 15 is 0 Å². The second-order valence-electron chi connectivity index (χ2n) is 6.91. The average Bonchev–Trinajstić information content (AvgIpc) is 3.10. The molecule has 1 fully saturated rings. The number of hydrogen-bond acceptors (Lipinski definition) is 3. The largest absolute Gasteiger partial charge is 0.497 e. The minimum Gasteiger partial charge on any atom is -0.497 e. The second-order valence-corrected chi connectivity index (χ2v) is 6.91. The van der Waals surface area contributed by atoms with Gasteiger partial charge in [0.25, 0.3) is 0 Å². The molecule has 0 saturated carbocycles. The van der Waals surface area contributed by atoms with Crippen molar-refractivity contribution in [2.75, 3.05) is 20.2 Å². The van der Waals surface area contributed by atoms with Crippen LogP contribution in [0, 0.1) is 5.92 Å². The lowest BCUT2D eigenvalue weighted by molar-refractivity contribution is -0.133. The summed E-state index contributed by atoms with van der Waals surface area (Å²) in [7, 11) is 1.67. The Bertz CT molecular complexity index is 693. The van der Waals surface area contributed by atoms with Crippen molar-refractivity contribution in [3.63, 3.8) is 0 Å².